The number of rotatable bonds is 5. The zero-order chi connectivity index (χ0) is 23.8. The quantitative estimate of drug-likeness (QED) is 0.369. The molecule has 1 aliphatic carbocycles. The predicted octanol–water partition coefficient (Wildman–Crippen LogP) is 5.76. The fourth-order valence-corrected chi connectivity index (χ4v) is 4.88. The van der Waals surface area contributed by atoms with Gasteiger partial charge in [-0.25, -0.2) is 24.3 Å². The van der Waals surface area contributed by atoms with Gasteiger partial charge in [0.25, 0.3) is 0 Å². The van der Waals surface area contributed by atoms with Crippen LogP contribution in [0.5, 0.6) is 0 Å². The molecule has 0 amide bonds. The monoisotopic (exact) mass is 473 g/mol. The van der Waals surface area contributed by atoms with Crippen molar-refractivity contribution < 1.29 is 8.78 Å². The van der Waals surface area contributed by atoms with Gasteiger partial charge in [-0.1, -0.05) is 6.42 Å². The van der Waals surface area contributed by atoms with Gasteiger partial charge in [-0.2, -0.15) is 4.39 Å². The second kappa shape index (κ2) is 9.13. The lowest BCUT2D eigenvalue weighted by Crippen LogP contribution is -2.31. The number of aromatic nitrogens is 5. The highest BCUT2D eigenvalue weighted by Gasteiger charge is 2.26. The number of piperidine rings is 1. The van der Waals surface area contributed by atoms with Gasteiger partial charge in [0, 0.05) is 48.6 Å². The average molecular weight is 474 g/mol. The van der Waals surface area contributed by atoms with Crippen LogP contribution < -0.4 is 10.2 Å². The minimum atomic E-state index is -0.901. The van der Waals surface area contributed by atoms with E-state index in [0.29, 0.717) is 17.6 Å². The lowest BCUT2D eigenvalue weighted by atomic mass is 9.79. The third kappa shape index (κ3) is 4.38. The minimum absolute atomic E-state index is 0.0370. The molecule has 1 aliphatic heterocycles. The molecular formula is C26H25F2N7. The number of halogens is 2. The molecule has 0 spiro atoms. The maximum atomic E-state index is 13.6. The Labute approximate surface area is 201 Å². The van der Waals surface area contributed by atoms with Gasteiger partial charge in [-0.15, -0.1) is 0 Å². The first kappa shape index (κ1) is 21.8. The van der Waals surface area contributed by atoms with E-state index in [4.69, 9.17) is 9.97 Å². The number of pyridine rings is 3. The lowest BCUT2D eigenvalue weighted by molar-refractivity contribution is 0.421. The highest BCUT2D eigenvalue weighted by molar-refractivity contribution is 5.94. The number of nitrogens with one attached hydrogen (secondary N) is 1. The molecular weight excluding hydrogens is 448 g/mol. The Morgan fingerprint density at radius 1 is 0.886 bits per heavy atom. The number of fused-ring (bicyclic) bond motifs is 1. The topological polar surface area (TPSA) is 79.7 Å². The molecule has 0 bridgehead atoms. The molecule has 1 saturated carbocycles. The van der Waals surface area contributed by atoms with Gasteiger partial charge in [0.2, 0.25) is 5.95 Å². The Morgan fingerprint density at radius 2 is 1.74 bits per heavy atom. The van der Waals surface area contributed by atoms with E-state index in [1.807, 2.05) is 18.5 Å². The summed E-state index contributed by atoms with van der Waals surface area (Å²) in [5.41, 5.74) is 2.82. The van der Waals surface area contributed by atoms with E-state index in [9.17, 15) is 8.78 Å². The Balaban J connectivity index is 1.43. The number of nitrogens with zero attached hydrogens (tertiary/aromatic N) is 6. The summed E-state index contributed by atoms with van der Waals surface area (Å²) in [6.07, 6.45) is 12.5. The molecule has 2 fully saturated rings. The van der Waals surface area contributed by atoms with Crippen LogP contribution in [0.4, 0.5) is 26.2 Å². The molecule has 5 heterocycles. The highest BCUT2D eigenvalue weighted by Crippen LogP contribution is 2.42. The van der Waals surface area contributed by atoms with Crippen molar-refractivity contribution >= 4 is 28.4 Å². The molecule has 178 valence electrons. The summed E-state index contributed by atoms with van der Waals surface area (Å²) in [5, 5.41) is 3.98. The fraction of sp³-hybridized carbons (Fsp3) is 0.346. The Kier molecular flexibility index (Phi) is 5.67. The molecule has 0 atom stereocenters. The van der Waals surface area contributed by atoms with Gasteiger partial charge < -0.3 is 10.2 Å². The van der Waals surface area contributed by atoms with Gasteiger partial charge in [0.15, 0.2) is 5.82 Å². The van der Waals surface area contributed by atoms with Crippen molar-refractivity contribution in [2.75, 3.05) is 23.3 Å². The SMILES string of the molecule is Fc1cc(F)nc(Nc2cc(-c3nc(N4CCCCC4)c4c(C5CCC5)cncc4n3)ccn2)c1. The van der Waals surface area contributed by atoms with Crippen LogP contribution in [-0.4, -0.2) is 38.0 Å². The predicted molar refractivity (Wildman–Crippen MR) is 131 cm³/mol. The smallest absolute Gasteiger partial charge is 0.217 e. The number of anilines is 3. The van der Waals surface area contributed by atoms with Crippen molar-refractivity contribution in [1.29, 1.82) is 0 Å². The highest BCUT2D eigenvalue weighted by atomic mass is 19.1. The largest absolute Gasteiger partial charge is 0.356 e. The van der Waals surface area contributed by atoms with Crippen LogP contribution in [0, 0.1) is 11.8 Å². The molecule has 35 heavy (non-hydrogen) atoms. The third-order valence-corrected chi connectivity index (χ3v) is 6.85. The van der Waals surface area contributed by atoms with Crippen molar-refractivity contribution in [3.8, 4) is 11.4 Å². The van der Waals surface area contributed by atoms with Crippen LogP contribution in [0.15, 0.2) is 42.9 Å². The Bertz CT molecular complexity index is 1360. The van der Waals surface area contributed by atoms with Crippen LogP contribution in [0.25, 0.3) is 22.3 Å². The standard InChI is InChI=1S/C26H25F2N7/c27-18-12-21(28)32-23(13-18)33-22-11-17(7-8-30-22)25-31-20-15-29-14-19(16-5-4-6-16)24(20)26(34-25)35-9-2-1-3-10-35/h7-8,11-16H,1-6,9-10H2,(H,30,32,33). The van der Waals surface area contributed by atoms with Crippen molar-refractivity contribution in [3.63, 3.8) is 0 Å². The van der Waals surface area contributed by atoms with E-state index >= 15 is 0 Å². The molecule has 6 rings (SSSR count). The van der Waals surface area contributed by atoms with Crippen LogP contribution in [0.3, 0.4) is 0 Å². The van der Waals surface area contributed by atoms with Gasteiger partial charge in [0.1, 0.15) is 23.3 Å². The van der Waals surface area contributed by atoms with Crippen molar-refractivity contribution in [3.05, 3.63) is 60.2 Å². The maximum absolute atomic E-state index is 13.6. The van der Waals surface area contributed by atoms with E-state index in [-0.39, 0.29) is 5.82 Å². The second-order valence-corrected chi connectivity index (χ2v) is 9.22. The van der Waals surface area contributed by atoms with Gasteiger partial charge >= 0.3 is 0 Å². The summed E-state index contributed by atoms with van der Waals surface area (Å²) >= 11 is 0. The van der Waals surface area contributed by atoms with Gasteiger partial charge in [-0.05, 0) is 55.7 Å². The lowest BCUT2D eigenvalue weighted by Gasteiger charge is -2.32. The molecule has 7 nitrogen and oxygen atoms in total. The summed E-state index contributed by atoms with van der Waals surface area (Å²) in [5.74, 6) is 0.862. The molecule has 0 unspecified atom stereocenters. The van der Waals surface area contributed by atoms with Gasteiger partial charge in [-0.3, -0.25) is 4.98 Å². The first-order chi connectivity index (χ1) is 17.1. The Morgan fingerprint density at radius 3 is 2.51 bits per heavy atom. The number of hydrogen-bond acceptors (Lipinski definition) is 7. The van der Waals surface area contributed by atoms with Crippen molar-refractivity contribution in [2.24, 2.45) is 0 Å². The number of hydrogen-bond donors (Lipinski definition) is 1. The zero-order valence-electron chi connectivity index (χ0n) is 19.2. The average Bonchev–Trinajstić information content (AvgIpc) is 2.82. The summed E-state index contributed by atoms with van der Waals surface area (Å²) in [7, 11) is 0. The molecule has 0 aromatic carbocycles. The molecule has 4 aromatic heterocycles. The molecule has 1 N–H and O–H groups in total. The Hall–Kier alpha value is -3.75. The van der Waals surface area contributed by atoms with Gasteiger partial charge in [0.05, 0.1) is 11.7 Å². The van der Waals surface area contributed by atoms with Crippen LogP contribution >= 0.6 is 0 Å². The second-order valence-electron chi connectivity index (χ2n) is 9.22. The first-order valence-electron chi connectivity index (χ1n) is 12.1. The van der Waals surface area contributed by atoms with Crippen molar-refractivity contribution in [1.82, 2.24) is 24.9 Å². The van der Waals surface area contributed by atoms with E-state index in [1.165, 1.54) is 31.2 Å². The van der Waals surface area contributed by atoms with Crippen LogP contribution in [-0.2, 0) is 0 Å². The minimum Gasteiger partial charge on any atom is -0.356 e. The normalized spacial score (nSPS) is 16.3. The molecule has 9 heteroatoms. The van der Waals surface area contributed by atoms with Crippen LogP contribution in [0.2, 0.25) is 0 Å². The fourth-order valence-electron chi connectivity index (χ4n) is 4.88. The molecule has 2 aliphatic rings. The summed E-state index contributed by atoms with van der Waals surface area (Å²) in [4.78, 5) is 24.8. The summed E-state index contributed by atoms with van der Waals surface area (Å²) in [6.45, 7) is 1.94. The van der Waals surface area contributed by atoms with E-state index in [0.717, 1.165) is 60.3 Å². The van der Waals surface area contributed by atoms with E-state index in [1.54, 1.807) is 12.3 Å². The molecule has 1 saturated heterocycles. The van der Waals surface area contributed by atoms with E-state index in [2.05, 4.69) is 25.2 Å². The zero-order valence-corrected chi connectivity index (χ0v) is 19.2. The van der Waals surface area contributed by atoms with Crippen LogP contribution in [0.1, 0.15) is 50.0 Å². The van der Waals surface area contributed by atoms with E-state index < -0.39 is 11.8 Å². The maximum Gasteiger partial charge on any atom is 0.217 e. The molecule has 0 radical (unpaired) electrons. The molecule has 4 aromatic rings. The van der Waals surface area contributed by atoms with Crippen molar-refractivity contribution in [2.45, 2.75) is 44.4 Å². The summed E-state index contributed by atoms with van der Waals surface area (Å²) in [6, 6.07) is 5.43. The first-order valence-corrected chi connectivity index (χ1v) is 12.1. The third-order valence-electron chi connectivity index (χ3n) is 6.85. The summed E-state index contributed by atoms with van der Waals surface area (Å²) < 4.78 is 27.1.